The van der Waals surface area contributed by atoms with Crippen molar-refractivity contribution in [2.75, 3.05) is 0 Å². The first-order valence-electron chi connectivity index (χ1n) is 5.98. The fourth-order valence-electron chi connectivity index (χ4n) is 2.15. The molecular weight excluding hydrogens is 180 g/mol. The van der Waals surface area contributed by atoms with Crippen molar-refractivity contribution >= 4 is 6.08 Å². The van der Waals surface area contributed by atoms with Gasteiger partial charge in [0.1, 0.15) is 0 Å². The Hall–Kier alpha value is -1.04. The van der Waals surface area contributed by atoms with E-state index in [0.717, 1.165) is 6.42 Å². The minimum atomic E-state index is 1.14. The van der Waals surface area contributed by atoms with Crippen molar-refractivity contribution in [3.63, 3.8) is 0 Å². The summed E-state index contributed by atoms with van der Waals surface area (Å²) >= 11 is 0. The highest BCUT2D eigenvalue weighted by Gasteiger charge is 2.06. The maximum atomic E-state index is 2.30. The van der Waals surface area contributed by atoms with Crippen molar-refractivity contribution in [3.8, 4) is 0 Å². The zero-order chi connectivity index (χ0) is 11.3. The van der Waals surface area contributed by atoms with Crippen LogP contribution in [0.1, 0.15) is 49.4 Å². The predicted molar refractivity (Wildman–Crippen MR) is 69.3 cm³/mol. The minimum Gasteiger partial charge on any atom is -0.0870 e. The summed E-state index contributed by atoms with van der Waals surface area (Å²) in [5.74, 6) is 0. The summed E-state index contributed by atoms with van der Waals surface area (Å²) in [6.45, 7) is 8.78. The van der Waals surface area contributed by atoms with E-state index in [1.54, 1.807) is 0 Å². The SMILES string of the molecule is C/C=C\c1c(C)ccc(CCC)c1CC. The monoisotopic (exact) mass is 202 g/mol. The molecule has 0 aromatic heterocycles. The van der Waals surface area contributed by atoms with Crippen LogP contribution in [0.15, 0.2) is 18.2 Å². The van der Waals surface area contributed by atoms with Crippen LogP contribution in [0, 0.1) is 6.92 Å². The zero-order valence-electron chi connectivity index (χ0n) is 10.4. The third kappa shape index (κ3) is 2.71. The van der Waals surface area contributed by atoms with Crippen molar-refractivity contribution in [2.24, 2.45) is 0 Å². The highest BCUT2D eigenvalue weighted by atomic mass is 14.1. The van der Waals surface area contributed by atoms with Crippen molar-refractivity contribution in [2.45, 2.75) is 47.0 Å². The Morgan fingerprint density at radius 2 is 1.93 bits per heavy atom. The molecule has 0 aliphatic carbocycles. The van der Waals surface area contributed by atoms with E-state index in [2.05, 4.69) is 52.0 Å². The molecule has 0 heterocycles. The highest BCUT2D eigenvalue weighted by molar-refractivity contribution is 5.59. The van der Waals surface area contributed by atoms with Gasteiger partial charge < -0.3 is 0 Å². The lowest BCUT2D eigenvalue weighted by molar-refractivity contribution is 0.896. The van der Waals surface area contributed by atoms with Gasteiger partial charge >= 0.3 is 0 Å². The second kappa shape index (κ2) is 5.75. The molecule has 0 unspecified atom stereocenters. The molecule has 0 radical (unpaired) electrons. The van der Waals surface area contributed by atoms with Gasteiger partial charge in [-0.25, -0.2) is 0 Å². The normalized spacial score (nSPS) is 11.2. The molecule has 0 bridgehead atoms. The summed E-state index contributed by atoms with van der Waals surface area (Å²) in [5.41, 5.74) is 5.89. The van der Waals surface area contributed by atoms with Crippen LogP contribution in [0.2, 0.25) is 0 Å². The molecule has 15 heavy (non-hydrogen) atoms. The Bertz CT molecular complexity index is 345. The Morgan fingerprint density at radius 1 is 1.20 bits per heavy atom. The topological polar surface area (TPSA) is 0 Å². The molecule has 0 amide bonds. The summed E-state index contributed by atoms with van der Waals surface area (Å²) in [4.78, 5) is 0. The first-order chi connectivity index (χ1) is 7.24. The van der Waals surface area contributed by atoms with Gasteiger partial charge in [-0.2, -0.15) is 0 Å². The second-order valence-corrected chi connectivity index (χ2v) is 4.04. The molecule has 0 saturated heterocycles. The van der Waals surface area contributed by atoms with Crippen LogP contribution in [0.3, 0.4) is 0 Å². The lowest BCUT2D eigenvalue weighted by atomic mass is 9.92. The van der Waals surface area contributed by atoms with Crippen molar-refractivity contribution in [1.29, 1.82) is 0 Å². The van der Waals surface area contributed by atoms with Gasteiger partial charge in [-0.15, -0.1) is 0 Å². The molecule has 1 aromatic carbocycles. The highest BCUT2D eigenvalue weighted by Crippen LogP contribution is 2.22. The summed E-state index contributed by atoms with van der Waals surface area (Å²) in [7, 11) is 0. The number of hydrogen-bond donors (Lipinski definition) is 0. The predicted octanol–water partition coefficient (Wildman–Crippen LogP) is 4.54. The van der Waals surface area contributed by atoms with E-state index in [9.17, 15) is 0 Å². The quantitative estimate of drug-likeness (QED) is 0.672. The maximum absolute atomic E-state index is 2.30. The van der Waals surface area contributed by atoms with Gasteiger partial charge in [0.15, 0.2) is 0 Å². The first kappa shape index (κ1) is 12.0. The van der Waals surface area contributed by atoms with E-state index in [-0.39, 0.29) is 0 Å². The smallest absolute Gasteiger partial charge is 0.0196 e. The maximum Gasteiger partial charge on any atom is -0.0196 e. The van der Waals surface area contributed by atoms with E-state index in [1.165, 1.54) is 35.1 Å². The molecule has 0 aliphatic rings. The van der Waals surface area contributed by atoms with Crippen molar-refractivity contribution in [1.82, 2.24) is 0 Å². The number of aryl methyl sites for hydroxylation is 2. The zero-order valence-corrected chi connectivity index (χ0v) is 10.4. The minimum absolute atomic E-state index is 1.14. The first-order valence-corrected chi connectivity index (χ1v) is 5.98. The van der Waals surface area contributed by atoms with Gasteiger partial charge in [0.05, 0.1) is 0 Å². The van der Waals surface area contributed by atoms with Gasteiger partial charge in [0, 0.05) is 0 Å². The molecule has 0 spiro atoms. The van der Waals surface area contributed by atoms with Crippen LogP contribution in [0.25, 0.3) is 6.08 Å². The van der Waals surface area contributed by atoms with Crippen LogP contribution in [-0.2, 0) is 12.8 Å². The molecular formula is C15H22. The summed E-state index contributed by atoms with van der Waals surface area (Å²) < 4.78 is 0. The van der Waals surface area contributed by atoms with Crippen molar-refractivity contribution < 1.29 is 0 Å². The van der Waals surface area contributed by atoms with E-state index < -0.39 is 0 Å². The van der Waals surface area contributed by atoms with Gasteiger partial charge in [-0.1, -0.05) is 44.6 Å². The molecule has 1 rings (SSSR count). The van der Waals surface area contributed by atoms with E-state index >= 15 is 0 Å². The molecule has 0 atom stereocenters. The van der Waals surface area contributed by atoms with E-state index in [0.29, 0.717) is 0 Å². The molecule has 0 heteroatoms. The van der Waals surface area contributed by atoms with Crippen LogP contribution in [-0.4, -0.2) is 0 Å². The van der Waals surface area contributed by atoms with Gasteiger partial charge in [-0.3, -0.25) is 0 Å². The Balaban J connectivity index is 3.26. The summed E-state index contributed by atoms with van der Waals surface area (Å²) in [6, 6.07) is 4.55. The molecule has 0 nitrogen and oxygen atoms in total. The lowest BCUT2D eigenvalue weighted by Gasteiger charge is -2.13. The number of rotatable bonds is 4. The number of allylic oxidation sites excluding steroid dienone is 1. The third-order valence-corrected chi connectivity index (χ3v) is 2.88. The molecule has 82 valence electrons. The summed E-state index contributed by atoms with van der Waals surface area (Å²) in [5, 5.41) is 0. The molecule has 0 saturated carbocycles. The molecule has 0 aliphatic heterocycles. The van der Waals surface area contributed by atoms with Gasteiger partial charge in [0.25, 0.3) is 0 Å². The molecule has 1 aromatic rings. The van der Waals surface area contributed by atoms with Crippen LogP contribution in [0.4, 0.5) is 0 Å². The fourth-order valence-corrected chi connectivity index (χ4v) is 2.15. The van der Waals surface area contributed by atoms with E-state index in [1.807, 2.05) is 0 Å². The largest absolute Gasteiger partial charge is 0.0870 e. The molecule has 0 N–H and O–H groups in total. The average Bonchev–Trinajstić information content (AvgIpc) is 2.24. The van der Waals surface area contributed by atoms with Crippen LogP contribution >= 0.6 is 0 Å². The number of benzene rings is 1. The second-order valence-electron chi connectivity index (χ2n) is 4.04. The van der Waals surface area contributed by atoms with Crippen molar-refractivity contribution in [3.05, 3.63) is 40.5 Å². The number of hydrogen-bond acceptors (Lipinski definition) is 0. The standard InChI is InChI=1S/C15H22/c1-5-8-13-11-10-12(4)15(9-6-2)14(13)7-3/h6,9-11H,5,7-8H2,1-4H3/b9-6-. The summed E-state index contributed by atoms with van der Waals surface area (Å²) in [6.07, 6.45) is 7.95. The van der Waals surface area contributed by atoms with Gasteiger partial charge in [-0.05, 0) is 48.9 Å². The van der Waals surface area contributed by atoms with E-state index in [4.69, 9.17) is 0 Å². The van der Waals surface area contributed by atoms with Crippen LogP contribution < -0.4 is 0 Å². The fraction of sp³-hybridized carbons (Fsp3) is 0.467. The Kier molecular flexibility index (Phi) is 4.61. The molecule has 0 fully saturated rings. The van der Waals surface area contributed by atoms with Crippen LogP contribution in [0.5, 0.6) is 0 Å². The van der Waals surface area contributed by atoms with Gasteiger partial charge in [0.2, 0.25) is 0 Å². The Labute approximate surface area is 94.0 Å². The third-order valence-electron chi connectivity index (χ3n) is 2.88. The lowest BCUT2D eigenvalue weighted by Crippen LogP contribution is -1.98. The Morgan fingerprint density at radius 3 is 2.47 bits per heavy atom. The average molecular weight is 202 g/mol.